The molecule has 1 rings (SSSR count). The molecule has 114 valence electrons. The SMILES string of the molecule is CCC(c1ccccc1O)N(CCOC)C(C)COC. The van der Waals surface area contributed by atoms with E-state index in [2.05, 4.69) is 18.7 Å². The van der Waals surface area contributed by atoms with E-state index in [-0.39, 0.29) is 12.1 Å². The minimum atomic E-state index is 0.163. The maximum Gasteiger partial charge on any atom is 0.120 e. The van der Waals surface area contributed by atoms with E-state index < -0.39 is 0 Å². The zero-order valence-electron chi connectivity index (χ0n) is 13.0. The average Bonchev–Trinajstić information content (AvgIpc) is 2.45. The van der Waals surface area contributed by atoms with Gasteiger partial charge in [-0.25, -0.2) is 0 Å². The number of nitrogens with zero attached hydrogens (tertiary/aromatic N) is 1. The molecular formula is C16H27NO3. The van der Waals surface area contributed by atoms with Gasteiger partial charge in [0, 0.05) is 38.4 Å². The highest BCUT2D eigenvalue weighted by atomic mass is 16.5. The Morgan fingerprint density at radius 1 is 1.20 bits per heavy atom. The van der Waals surface area contributed by atoms with Crippen molar-refractivity contribution in [1.29, 1.82) is 0 Å². The van der Waals surface area contributed by atoms with Crippen LogP contribution in [0.25, 0.3) is 0 Å². The third-order valence-electron chi connectivity index (χ3n) is 3.61. The standard InChI is InChI=1S/C16H27NO3/c1-5-15(14-8-6-7-9-16(14)18)17(10-11-19-3)13(2)12-20-4/h6-9,13,15,18H,5,10-12H2,1-4H3. The zero-order chi connectivity index (χ0) is 15.0. The van der Waals surface area contributed by atoms with Gasteiger partial charge in [0.2, 0.25) is 0 Å². The third kappa shape index (κ3) is 4.47. The Morgan fingerprint density at radius 2 is 1.90 bits per heavy atom. The lowest BCUT2D eigenvalue weighted by Gasteiger charge is -2.36. The second-order valence-electron chi connectivity index (χ2n) is 5.02. The summed E-state index contributed by atoms with van der Waals surface area (Å²) in [6.07, 6.45) is 0.926. The van der Waals surface area contributed by atoms with E-state index in [1.807, 2.05) is 18.2 Å². The first-order valence-corrected chi connectivity index (χ1v) is 7.17. The summed E-state index contributed by atoms with van der Waals surface area (Å²) in [5, 5.41) is 10.1. The molecule has 0 saturated carbocycles. The van der Waals surface area contributed by atoms with Crippen LogP contribution in [0, 0.1) is 0 Å². The van der Waals surface area contributed by atoms with Crippen LogP contribution < -0.4 is 0 Å². The molecule has 0 saturated heterocycles. The number of rotatable bonds is 9. The topological polar surface area (TPSA) is 41.9 Å². The predicted molar refractivity (Wildman–Crippen MR) is 81.1 cm³/mol. The number of para-hydroxylation sites is 1. The van der Waals surface area contributed by atoms with Gasteiger partial charge in [0.1, 0.15) is 5.75 Å². The van der Waals surface area contributed by atoms with Crippen molar-refractivity contribution in [2.45, 2.75) is 32.4 Å². The van der Waals surface area contributed by atoms with Crippen molar-refractivity contribution in [3.05, 3.63) is 29.8 Å². The van der Waals surface area contributed by atoms with Gasteiger partial charge in [-0.2, -0.15) is 0 Å². The fourth-order valence-corrected chi connectivity index (χ4v) is 2.62. The average molecular weight is 281 g/mol. The molecule has 0 aliphatic carbocycles. The summed E-state index contributed by atoms with van der Waals surface area (Å²) >= 11 is 0. The van der Waals surface area contributed by atoms with Gasteiger partial charge >= 0.3 is 0 Å². The van der Waals surface area contributed by atoms with Crippen LogP contribution in [0.15, 0.2) is 24.3 Å². The maximum absolute atomic E-state index is 10.1. The summed E-state index contributed by atoms with van der Waals surface area (Å²) in [4.78, 5) is 2.34. The lowest BCUT2D eigenvalue weighted by molar-refractivity contribution is 0.0444. The fourth-order valence-electron chi connectivity index (χ4n) is 2.62. The molecule has 0 heterocycles. The van der Waals surface area contributed by atoms with Crippen molar-refractivity contribution in [2.24, 2.45) is 0 Å². The number of phenolic OH excluding ortho intramolecular Hbond substituents is 1. The highest BCUT2D eigenvalue weighted by molar-refractivity contribution is 5.34. The molecule has 0 aromatic heterocycles. The molecule has 0 fully saturated rings. The molecule has 1 N–H and O–H groups in total. The highest BCUT2D eigenvalue weighted by Gasteiger charge is 2.25. The number of aromatic hydroxyl groups is 1. The minimum Gasteiger partial charge on any atom is -0.508 e. The van der Waals surface area contributed by atoms with E-state index in [1.54, 1.807) is 20.3 Å². The summed E-state index contributed by atoms with van der Waals surface area (Å²) in [5.41, 5.74) is 0.967. The van der Waals surface area contributed by atoms with E-state index in [1.165, 1.54) is 0 Å². The Labute approximate surface area is 122 Å². The third-order valence-corrected chi connectivity index (χ3v) is 3.61. The smallest absolute Gasteiger partial charge is 0.120 e. The van der Waals surface area contributed by atoms with Crippen molar-refractivity contribution in [3.63, 3.8) is 0 Å². The van der Waals surface area contributed by atoms with Crippen LogP contribution in [0.1, 0.15) is 31.9 Å². The van der Waals surface area contributed by atoms with Crippen LogP contribution in [0.3, 0.4) is 0 Å². The van der Waals surface area contributed by atoms with Gasteiger partial charge in [-0.05, 0) is 19.4 Å². The van der Waals surface area contributed by atoms with E-state index >= 15 is 0 Å². The Balaban J connectivity index is 2.97. The lowest BCUT2D eigenvalue weighted by atomic mass is 10.00. The number of hydrogen-bond acceptors (Lipinski definition) is 4. The van der Waals surface area contributed by atoms with E-state index in [0.717, 1.165) is 18.5 Å². The summed E-state index contributed by atoms with van der Waals surface area (Å²) < 4.78 is 10.5. The number of hydrogen-bond donors (Lipinski definition) is 1. The minimum absolute atomic E-state index is 0.163. The van der Waals surface area contributed by atoms with Crippen LogP contribution in [-0.2, 0) is 9.47 Å². The summed E-state index contributed by atoms with van der Waals surface area (Å²) in [6.45, 7) is 6.41. The number of benzene rings is 1. The van der Waals surface area contributed by atoms with Crippen molar-refractivity contribution in [2.75, 3.05) is 34.0 Å². The summed E-state index contributed by atoms with van der Waals surface area (Å²) in [6, 6.07) is 7.98. The van der Waals surface area contributed by atoms with Gasteiger partial charge < -0.3 is 14.6 Å². The van der Waals surface area contributed by atoms with Gasteiger partial charge in [-0.3, -0.25) is 4.90 Å². The molecule has 4 nitrogen and oxygen atoms in total. The maximum atomic E-state index is 10.1. The van der Waals surface area contributed by atoms with Crippen LogP contribution >= 0.6 is 0 Å². The molecule has 2 atom stereocenters. The predicted octanol–water partition coefficient (Wildman–Crippen LogP) is 2.83. The van der Waals surface area contributed by atoms with E-state index in [9.17, 15) is 5.11 Å². The van der Waals surface area contributed by atoms with Crippen LogP contribution in [0.4, 0.5) is 0 Å². The molecule has 0 radical (unpaired) electrons. The Hall–Kier alpha value is -1.10. The monoisotopic (exact) mass is 281 g/mol. The van der Waals surface area contributed by atoms with Crippen molar-refractivity contribution < 1.29 is 14.6 Å². The molecule has 0 aliphatic rings. The molecule has 20 heavy (non-hydrogen) atoms. The van der Waals surface area contributed by atoms with Gasteiger partial charge in [-0.15, -0.1) is 0 Å². The first kappa shape index (κ1) is 17.0. The molecule has 2 unspecified atom stereocenters. The molecule has 0 aliphatic heterocycles. The molecule has 1 aromatic carbocycles. The van der Waals surface area contributed by atoms with E-state index in [0.29, 0.717) is 19.0 Å². The molecule has 4 heteroatoms. The van der Waals surface area contributed by atoms with E-state index in [4.69, 9.17) is 9.47 Å². The Morgan fingerprint density at radius 3 is 2.45 bits per heavy atom. The number of methoxy groups -OCH3 is 2. The van der Waals surface area contributed by atoms with Crippen LogP contribution in [-0.4, -0.2) is 50.0 Å². The van der Waals surface area contributed by atoms with Crippen LogP contribution in [0.2, 0.25) is 0 Å². The Bertz CT molecular complexity index is 384. The van der Waals surface area contributed by atoms with Gasteiger partial charge in [-0.1, -0.05) is 25.1 Å². The van der Waals surface area contributed by atoms with Crippen LogP contribution in [0.5, 0.6) is 5.75 Å². The molecule has 0 bridgehead atoms. The summed E-state index contributed by atoms with van der Waals surface area (Å²) in [5.74, 6) is 0.353. The lowest BCUT2D eigenvalue weighted by Crippen LogP contribution is -2.41. The van der Waals surface area contributed by atoms with Gasteiger partial charge in [0.15, 0.2) is 0 Å². The van der Waals surface area contributed by atoms with Gasteiger partial charge in [0.25, 0.3) is 0 Å². The molecule has 1 aromatic rings. The van der Waals surface area contributed by atoms with Crippen molar-refractivity contribution in [3.8, 4) is 5.75 Å². The molecule has 0 spiro atoms. The zero-order valence-corrected chi connectivity index (χ0v) is 13.0. The quantitative estimate of drug-likeness (QED) is 0.756. The summed E-state index contributed by atoms with van der Waals surface area (Å²) in [7, 11) is 3.42. The first-order chi connectivity index (χ1) is 9.65. The normalized spacial score (nSPS) is 14.4. The number of phenols is 1. The van der Waals surface area contributed by atoms with Gasteiger partial charge in [0.05, 0.1) is 13.2 Å². The number of ether oxygens (including phenoxy) is 2. The largest absolute Gasteiger partial charge is 0.508 e. The fraction of sp³-hybridized carbons (Fsp3) is 0.625. The van der Waals surface area contributed by atoms with Crippen molar-refractivity contribution in [1.82, 2.24) is 4.90 Å². The van der Waals surface area contributed by atoms with Crippen molar-refractivity contribution >= 4 is 0 Å². The first-order valence-electron chi connectivity index (χ1n) is 7.17. The Kier molecular flexibility index (Phi) is 7.59. The molecular weight excluding hydrogens is 254 g/mol. The second kappa shape index (κ2) is 8.95. The molecule has 0 amide bonds. The highest BCUT2D eigenvalue weighted by Crippen LogP contribution is 2.32. The second-order valence-corrected chi connectivity index (χ2v) is 5.02.